The highest BCUT2D eigenvalue weighted by Gasteiger charge is 2.05. The number of hydrogen-bond acceptors (Lipinski definition) is 4. The van der Waals surface area contributed by atoms with E-state index in [4.69, 9.17) is 4.74 Å². The average Bonchev–Trinajstić information content (AvgIpc) is 2.66. The third kappa shape index (κ3) is 2.82. The molecule has 2 rings (SSSR count). The zero-order valence-corrected chi connectivity index (χ0v) is 12.0. The highest BCUT2D eigenvalue weighted by Crippen LogP contribution is 2.23. The molecular formula is C14H18N2OS. The molecule has 0 saturated heterocycles. The summed E-state index contributed by atoms with van der Waals surface area (Å²) in [4.78, 5) is 5.73. The number of rotatable bonds is 4. The summed E-state index contributed by atoms with van der Waals surface area (Å²) in [5.74, 6) is 0.892. The van der Waals surface area contributed by atoms with Crippen molar-refractivity contribution < 1.29 is 4.74 Å². The molecular weight excluding hydrogens is 244 g/mol. The molecule has 0 aliphatic rings. The summed E-state index contributed by atoms with van der Waals surface area (Å²) in [6.45, 7) is 7.00. The van der Waals surface area contributed by atoms with Crippen molar-refractivity contribution in [3.8, 4) is 5.75 Å². The molecule has 0 saturated carbocycles. The van der Waals surface area contributed by atoms with Gasteiger partial charge in [-0.3, -0.25) is 0 Å². The highest BCUT2D eigenvalue weighted by atomic mass is 32.1. The van der Waals surface area contributed by atoms with Crippen LogP contribution in [0.4, 0.5) is 5.69 Å². The molecule has 0 radical (unpaired) electrons. The van der Waals surface area contributed by atoms with Gasteiger partial charge in [-0.05, 0) is 44.5 Å². The van der Waals surface area contributed by atoms with Crippen molar-refractivity contribution in [3.05, 3.63) is 39.3 Å². The summed E-state index contributed by atoms with van der Waals surface area (Å²) in [7, 11) is 1.69. The van der Waals surface area contributed by atoms with Gasteiger partial charge in [0, 0.05) is 10.6 Å². The van der Waals surface area contributed by atoms with E-state index in [-0.39, 0.29) is 0 Å². The van der Waals surface area contributed by atoms with Crippen LogP contribution in [-0.4, -0.2) is 12.1 Å². The fourth-order valence-electron chi connectivity index (χ4n) is 1.87. The Morgan fingerprint density at radius 1 is 1.28 bits per heavy atom. The lowest BCUT2D eigenvalue weighted by atomic mass is 10.2. The molecule has 0 aliphatic carbocycles. The molecule has 18 heavy (non-hydrogen) atoms. The van der Waals surface area contributed by atoms with Gasteiger partial charge >= 0.3 is 0 Å². The average molecular weight is 262 g/mol. The fraction of sp³-hybridized carbons (Fsp3) is 0.357. The first-order valence-corrected chi connectivity index (χ1v) is 6.73. The van der Waals surface area contributed by atoms with Crippen LogP contribution in [0, 0.1) is 20.8 Å². The molecule has 0 bridgehead atoms. The zero-order valence-electron chi connectivity index (χ0n) is 11.2. The Labute approximate surface area is 112 Å². The predicted octanol–water partition coefficient (Wildman–Crippen LogP) is 3.69. The van der Waals surface area contributed by atoms with Gasteiger partial charge in [0.15, 0.2) is 0 Å². The molecule has 1 aromatic carbocycles. The van der Waals surface area contributed by atoms with Crippen molar-refractivity contribution in [2.24, 2.45) is 0 Å². The van der Waals surface area contributed by atoms with Gasteiger partial charge in [-0.1, -0.05) is 0 Å². The van der Waals surface area contributed by atoms with Gasteiger partial charge in [-0.2, -0.15) is 0 Å². The van der Waals surface area contributed by atoms with E-state index >= 15 is 0 Å². The number of methoxy groups -OCH3 is 1. The Morgan fingerprint density at radius 2 is 2.06 bits per heavy atom. The third-order valence-electron chi connectivity index (χ3n) is 2.87. The van der Waals surface area contributed by atoms with E-state index in [0.29, 0.717) is 0 Å². The van der Waals surface area contributed by atoms with Crippen molar-refractivity contribution in [1.29, 1.82) is 0 Å². The lowest BCUT2D eigenvalue weighted by Gasteiger charge is -2.10. The molecule has 1 N–H and O–H groups in total. The molecule has 0 atom stereocenters. The van der Waals surface area contributed by atoms with E-state index in [1.165, 1.54) is 10.4 Å². The lowest BCUT2D eigenvalue weighted by molar-refractivity contribution is 0.414. The predicted molar refractivity (Wildman–Crippen MR) is 76.6 cm³/mol. The number of thiazole rings is 1. The molecule has 0 amide bonds. The van der Waals surface area contributed by atoms with Crippen LogP contribution in [0.3, 0.4) is 0 Å². The summed E-state index contributed by atoms with van der Waals surface area (Å²) >= 11 is 1.75. The van der Waals surface area contributed by atoms with Crippen LogP contribution in [0.5, 0.6) is 5.75 Å². The highest BCUT2D eigenvalue weighted by molar-refractivity contribution is 7.11. The number of anilines is 1. The monoisotopic (exact) mass is 262 g/mol. The number of nitrogens with one attached hydrogen (secondary N) is 1. The summed E-state index contributed by atoms with van der Waals surface area (Å²) < 4.78 is 5.20. The lowest BCUT2D eigenvalue weighted by Crippen LogP contribution is -2.01. The van der Waals surface area contributed by atoms with E-state index in [0.717, 1.165) is 28.7 Å². The second-order valence-corrected chi connectivity index (χ2v) is 5.56. The Morgan fingerprint density at radius 3 is 2.61 bits per heavy atom. The van der Waals surface area contributed by atoms with E-state index < -0.39 is 0 Å². The van der Waals surface area contributed by atoms with E-state index in [2.05, 4.69) is 30.2 Å². The van der Waals surface area contributed by atoms with Gasteiger partial charge in [0.2, 0.25) is 0 Å². The summed E-state index contributed by atoms with van der Waals surface area (Å²) in [6.07, 6.45) is 0. The van der Waals surface area contributed by atoms with Crippen LogP contribution in [-0.2, 0) is 6.54 Å². The molecule has 0 unspecified atom stereocenters. The van der Waals surface area contributed by atoms with Gasteiger partial charge in [0.25, 0.3) is 0 Å². The van der Waals surface area contributed by atoms with Crippen LogP contribution in [0.25, 0.3) is 0 Å². The van der Waals surface area contributed by atoms with Crippen LogP contribution < -0.4 is 10.1 Å². The smallest absolute Gasteiger partial charge is 0.119 e. The van der Waals surface area contributed by atoms with E-state index in [1.807, 2.05) is 19.1 Å². The number of nitrogens with zero attached hydrogens (tertiary/aromatic N) is 1. The molecule has 0 spiro atoms. The van der Waals surface area contributed by atoms with Gasteiger partial charge in [-0.25, -0.2) is 4.98 Å². The van der Waals surface area contributed by atoms with Crippen LogP contribution in [0.1, 0.15) is 21.1 Å². The number of benzene rings is 1. The molecule has 2 aromatic rings. The van der Waals surface area contributed by atoms with Crippen LogP contribution in [0.2, 0.25) is 0 Å². The van der Waals surface area contributed by atoms with E-state index in [1.54, 1.807) is 18.4 Å². The van der Waals surface area contributed by atoms with Crippen LogP contribution >= 0.6 is 11.3 Å². The minimum Gasteiger partial charge on any atom is -0.497 e. The second-order valence-electron chi connectivity index (χ2n) is 4.28. The number of aromatic nitrogens is 1. The van der Waals surface area contributed by atoms with Gasteiger partial charge in [-0.15, -0.1) is 11.3 Å². The van der Waals surface area contributed by atoms with Crippen molar-refractivity contribution in [2.45, 2.75) is 27.3 Å². The molecule has 0 aliphatic heterocycles. The summed E-state index contributed by atoms with van der Waals surface area (Å²) in [6, 6.07) is 6.06. The number of ether oxygens (including phenoxy) is 1. The molecule has 0 fully saturated rings. The van der Waals surface area contributed by atoms with Gasteiger partial charge in [0.05, 0.1) is 24.4 Å². The quantitative estimate of drug-likeness (QED) is 0.912. The molecule has 1 heterocycles. The minimum absolute atomic E-state index is 0.824. The molecule has 4 heteroatoms. The Hall–Kier alpha value is -1.55. The second kappa shape index (κ2) is 5.40. The summed E-state index contributed by atoms with van der Waals surface area (Å²) in [5.41, 5.74) is 3.45. The minimum atomic E-state index is 0.824. The molecule has 96 valence electrons. The fourth-order valence-corrected chi connectivity index (χ4v) is 2.75. The molecule has 1 aromatic heterocycles. The topological polar surface area (TPSA) is 34.1 Å². The maximum Gasteiger partial charge on any atom is 0.119 e. The van der Waals surface area contributed by atoms with E-state index in [9.17, 15) is 0 Å². The largest absolute Gasteiger partial charge is 0.497 e. The van der Waals surface area contributed by atoms with Crippen molar-refractivity contribution in [3.63, 3.8) is 0 Å². The summed E-state index contributed by atoms with van der Waals surface area (Å²) in [5, 5.41) is 4.57. The SMILES string of the molecule is COc1ccc(NCc2sc(C)nc2C)c(C)c1. The normalized spacial score (nSPS) is 10.4. The standard InChI is InChI=1S/C14H18N2OS/c1-9-7-12(17-4)5-6-13(9)15-8-14-10(2)16-11(3)18-14/h5-7,15H,8H2,1-4H3. The first-order chi connectivity index (χ1) is 8.60. The van der Waals surface area contributed by atoms with Crippen LogP contribution in [0.15, 0.2) is 18.2 Å². The maximum atomic E-state index is 5.20. The van der Waals surface area contributed by atoms with Crippen molar-refractivity contribution in [1.82, 2.24) is 4.98 Å². The molecule has 3 nitrogen and oxygen atoms in total. The van der Waals surface area contributed by atoms with Crippen molar-refractivity contribution in [2.75, 3.05) is 12.4 Å². The Balaban J connectivity index is 2.08. The Kier molecular flexibility index (Phi) is 3.87. The van der Waals surface area contributed by atoms with Crippen molar-refractivity contribution >= 4 is 17.0 Å². The van der Waals surface area contributed by atoms with Gasteiger partial charge in [0.1, 0.15) is 5.75 Å². The first-order valence-electron chi connectivity index (χ1n) is 5.91. The number of aryl methyl sites for hydroxylation is 3. The maximum absolute atomic E-state index is 5.20. The first kappa shape index (κ1) is 12.9. The zero-order chi connectivity index (χ0) is 13.1. The Bertz CT molecular complexity index is 549. The van der Waals surface area contributed by atoms with Gasteiger partial charge < -0.3 is 10.1 Å². The number of hydrogen-bond donors (Lipinski definition) is 1. The third-order valence-corrected chi connectivity index (χ3v) is 3.95.